The summed E-state index contributed by atoms with van der Waals surface area (Å²) in [5.74, 6) is 1.41. The van der Waals surface area contributed by atoms with Crippen molar-refractivity contribution in [2.24, 2.45) is 0 Å². The number of halogens is 1. The summed E-state index contributed by atoms with van der Waals surface area (Å²) in [6.45, 7) is 6.24. The van der Waals surface area contributed by atoms with Crippen molar-refractivity contribution >= 4 is 11.6 Å². The summed E-state index contributed by atoms with van der Waals surface area (Å²) in [6.07, 6.45) is 1.08. The van der Waals surface area contributed by atoms with Crippen molar-refractivity contribution < 1.29 is 9.47 Å². The van der Waals surface area contributed by atoms with E-state index in [4.69, 9.17) is 21.1 Å². The molecule has 2 rings (SSSR count). The molecule has 0 radical (unpaired) electrons. The van der Waals surface area contributed by atoms with Gasteiger partial charge in [0.25, 0.3) is 0 Å². The van der Waals surface area contributed by atoms with Crippen molar-refractivity contribution in [2.45, 2.75) is 26.5 Å². The molecule has 2 N–H and O–H groups in total. The van der Waals surface area contributed by atoms with Crippen LogP contribution in [0.3, 0.4) is 0 Å². The van der Waals surface area contributed by atoms with E-state index in [0.29, 0.717) is 23.9 Å². The summed E-state index contributed by atoms with van der Waals surface area (Å²) in [7, 11) is 1.63. The molecule has 0 fully saturated rings. The van der Waals surface area contributed by atoms with Crippen LogP contribution < -0.4 is 20.1 Å². The fourth-order valence-electron chi connectivity index (χ4n) is 2.54. The number of nitrogens with one attached hydrogen (secondary N) is 2. The molecule has 0 saturated carbocycles. The molecule has 0 unspecified atom stereocenters. The minimum atomic E-state index is 0.492. The number of rotatable bonds is 11. The third-order valence-corrected chi connectivity index (χ3v) is 4.03. The van der Waals surface area contributed by atoms with Gasteiger partial charge in [-0.3, -0.25) is 0 Å². The summed E-state index contributed by atoms with van der Waals surface area (Å²) >= 11 is 6.23. The third-order valence-electron chi connectivity index (χ3n) is 3.82. The normalized spacial score (nSPS) is 10.7. The zero-order valence-corrected chi connectivity index (χ0v) is 15.7. The van der Waals surface area contributed by atoms with Crippen LogP contribution in [0.4, 0.5) is 0 Å². The fraction of sp³-hybridized carbons (Fsp3) is 0.400. The van der Waals surface area contributed by atoms with Gasteiger partial charge < -0.3 is 20.1 Å². The third kappa shape index (κ3) is 6.58. The smallest absolute Gasteiger partial charge is 0.166 e. The van der Waals surface area contributed by atoms with Gasteiger partial charge in [0.1, 0.15) is 6.61 Å². The zero-order chi connectivity index (χ0) is 17.9. The zero-order valence-electron chi connectivity index (χ0n) is 15.0. The first kappa shape index (κ1) is 19.6. The van der Waals surface area contributed by atoms with Crippen molar-refractivity contribution in [2.75, 3.05) is 26.7 Å². The first-order valence-electron chi connectivity index (χ1n) is 8.69. The van der Waals surface area contributed by atoms with E-state index in [1.807, 2.05) is 36.4 Å². The Hall–Kier alpha value is -1.75. The quantitative estimate of drug-likeness (QED) is 0.592. The fourth-order valence-corrected chi connectivity index (χ4v) is 2.77. The molecule has 0 aliphatic carbocycles. The highest BCUT2D eigenvalue weighted by Crippen LogP contribution is 2.35. The summed E-state index contributed by atoms with van der Waals surface area (Å²) in [4.78, 5) is 0. The Morgan fingerprint density at radius 2 is 1.80 bits per heavy atom. The van der Waals surface area contributed by atoms with Gasteiger partial charge >= 0.3 is 0 Å². The summed E-state index contributed by atoms with van der Waals surface area (Å²) < 4.78 is 11.5. The molecule has 25 heavy (non-hydrogen) atoms. The van der Waals surface area contributed by atoms with Gasteiger partial charge in [-0.2, -0.15) is 0 Å². The Morgan fingerprint density at radius 1 is 1.04 bits per heavy atom. The van der Waals surface area contributed by atoms with E-state index in [1.165, 1.54) is 0 Å². The Balaban J connectivity index is 2.02. The summed E-state index contributed by atoms with van der Waals surface area (Å²) in [5, 5.41) is 7.41. The van der Waals surface area contributed by atoms with Crippen LogP contribution in [-0.4, -0.2) is 26.7 Å². The molecule has 0 aromatic heterocycles. The van der Waals surface area contributed by atoms with Crippen molar-refractivity contribution in [1.82, 2.24) is 10.6 Å². The van der Waals surface area contributed by atoms with Gasteiger partial charge in [-0.1, -0.05) is 48.9 Å². The van der Waals surface area contributed by atoms with Gasteiger partial charge in [-0.25, -0.2) is 0 Å². The van der Waals surface area contributed by atoms with Gasteiger partial charge in [0.15, 0.2) is 11.5 Å². The van der Waals surface area contributed by atoms with E-state index in [0.717, 1.165) is 42.9 Å². The number of hydrogen-bond donors (Lipinski definition) is 2. The number of hydrogen-bond acceptors (Lipinski definition) is 4. The summed E-state index contributed by atoms with van der Waals surface area (Å²) in [5.41, 5.74) is 2.12. The highest BCUT2D eigenvalue weighted by Gasteiger charge is 2.13. The molecule has 2 aromatic rings. The number of methoxy groups -OCH3 is 1. The lowest BCUT2D eigenvalue weighted by Gasteiger charge is -2.16. The maximum Gasteiger partial charge on any atom is 0.166 e. The highest BCUT2D eigenvalue weighted by molar-refractivity contribution is 6.30. The average molecular weight is 363 g/mol. The minimum absolute atomic E-state index is 0.492. The Bertz CT molecular complexity index is 635. The molecular formula is C20H27ClN2O2. The van der Waals surface area contributed by atoms with Crippen molar-refractivity contribution in [3.05, 3.63) is 58.6 Å². The van der Waals surface area contributed by atoms with Gasteiger partial charge in [-0.15, -0.1) is 0 Å². The maximum absolute atomic E-state index is 6.23. The van der Waals surface area contributed by atoms with Crippen LogP contribution in [0.5, 0.6) is 11.5 Å². The molecule has 0 heterocycles. The minimum Gasteiger partial charge on any atom is -0.493 e. The molecule has 136 valence electrons. The van der Waals surface area contributed by atoms with Crippen molar-refractivity contribution in [3.63, 3.8) is 0 Å². The molecule has 2 aromatic carbocycles. The van der Waals surface area contributed by atoms with Crippen molar-refractivity contribution in [3.8, 4) is 11.5 Å². The molecule has 0 bridgehead atoms. The van der Waals surface area contributed by atoms with E-state index < -0.39 is 0 Å². The van der Waals surface area contributed by atoms with Gasteiger partial charge in [0.05, 0.1) is 7.11 Å². The number of ether oxygens (including phenoxy) is 2. The van der Waals surface area contributed by atoms with Crippen LogP contribution in [0, 0.1) is 0 Å². The first-order chi connectivity index (χ1) is 12.2. The molecule has 0 amide bonds. The second kappa shape index (κ2) is 11.0. The Morgan fingerprint density at radius 3 is 2.52 bits per heavy atom. The van der Waals surface area contributed by atoms with Crippen LogP contribution in [0.1, 0.15) is 24.5 Å². The van der Waals surface area contributed by atoms with E-state index in [2.05, 4.69) is 17.6 Å². The molecule has 4 nitrogen and oxygen atoms in total. The van der Waals surface area contributed by atoms with Crippen LogP contribution >= 0.6 is 11.6 Å². The lowest BCUT2D eigenvalue weighted by Crippen LogP contribution is -2.21. The summed E-state index contributed by atoms with van der Waals surface area (Å²) in [6, 6.07) is 13.8. The standard InChI is InChI=1S/C20H27ClN2O2/c1-3-22-10-7-11-23-14-17-12-18(21)13-19(24-2)20(17)25-15-16-8-5-4-6-9-16/h4-6,8-9,12-13,22-23H,3,7,10-11,14-15H2,1-2H3. The van der Waals surface area contributed by atoms with E-state index in [9.17, 15) is 0 Å². The van der Waals surface area contributed by atoms with Crippen LogP contribution in [-0.2, 0) is 13.2 Å². The van der Waals surface area contributed by atoms with Crippen LogP contribution in [0.25, 0.3) is 0 Å². The topological polar surface area (TPSA) is 42.5 Å². The number of benzene rings is 2. The van der Waals surface area contributed by atoms with Gasteiger partial charge in [0.2, 0.25) is 0 Å². The van der Waals surface area contributed by atoms with E-state index in [1.54, 1.807) is 13.2 Å². The van der Waals surface area contributed by atoms with Crippen molar-refractivity contribution in [1.29, 1.82) is 0 Å². The van der Waals surface area contributed by atoms with Crippen LogP contribution in [0.2, 0.25) is 5.02 Å². The Labute approximate surface area is 155 Å². The SMILES string of the molecule is CCNCCCNCc1cc(Cl)cc(OC)c1OCc1ccccc1. The lowest BCUT2D eigenvalue weighted by molar-refractivity contribution is 0.280. The maximum atomic E-state index is 6.23. The largest absolute Gasteiger partial charge is 0.493 e. The van der Waals surface area contributed by atoms with E-state index in [-0.39, 0.29) is 0 Å². The highest BCUT2D eigenvalue weighted by atomic mass is 35.5. The first-order valence-corrected chi connectivity index (χ1v) is 9.07. The monoisotopic (exact) mass is 362 g/mol. The molecule has 0 atom stereocenters. The second-order valence-electron chi connectivity index (χ2n) is 5.75. The Kier molecular flexibility index (Phi) is 8.60. The average Bonchev–Trinajstić information content (AvgIpc) is 2.64. The molecule has 0 aliphatic rings. The van der Waals surface area contributed by atoms with Gasteiger partial charge in [0, 0.05) is 23.2 Å². The molecule has 0 saturated heterocycles. The predicted octanol–water partition coefficient (Wildman–Crippen LogP) is 4.02. The molecule has 5 heteroatoms. The lowest BCUT2D eigenvalue weighted by atomic mass is 10.1. The van der Waals surface area contributed by atoms with E-state index >= 15 is 0 Å². The predicted molar refractivity (Wildman–Crippen MR) is 104 cm³/mol. The molecule has 0 aliphatic heterocycles. The molecule has 0 spiro atoms. The van der Waals surface area contributed by atoms with Crippen LogP contribution in [0.15, 0.2) is 42.5 Å². The van der Waals surface area contributed by atoms with Gasteiger partial charge in [-0.05, 0) is 37.7 Å². The second-order valence-corrected chi connectivity index (χ2v) is 6.19. The molecular weight excluding hydrogens is 336 g/mol.